The van der Waals surface area contributed by atoms with Crippen molar-refractivity contribution >= 4 is 0 Å². The van der Waals surface area contributed by atoms with Crippen molar-refractivity contribution in [2.45, 2.75) is 27.3 Å². The molecule has 0 spiro atoms. The average molecular weight is 252 g/mol. The fraction of sp³-hybridized carbons (Fsp3) is 0.500. The fourth-order valence-corrected chi connectivity index (χ4v) is 1.42. The van der Waals surface area contributed by atoms with E-state index in [1.807, 2.05) is 19.1 Å². The minimum Gasteiger partial charge on any atom is -0.471 e. The van der Waals surface area contributed by atoms with Gasteiger partial charge >= 0.3 is 0 Å². The van der Waals surface area contributed by atoms with E-state index in [4.69, 9.17) is 4.74 Å². The van der Waals surface area contributed by atoms with Crippen LogP contribution in [0.5, 0.6) is 5.88 Å². The minimum atomic E-state index is -0.377. The zero-order chi connectivity index (χ0) is 13.4. The van der Waals surface area contributed by atoms with E-state index in [2.05, 4.69) is 24.1 Å². The molecular weight excluding hydrogens is 231 g/mol. The summed E-state index contributed by atoms with van der Waals surface area (Å²) in [5, 5.41) is 3.20. The number of allylic oxidation sites excluding steroid dienone is 1. The first-order chi connectivity index (χ1) is 8.65. The molecule has 4 heteroatoms. The summed E-state index contributed by atoms with van der Waals surface area (Å²) >= 11 is 0. The maximum absolute atomic E-state index is 14.0. The van der Waals surface area contributed by atoms with E-state index in [-0.39, 0.29) is 11.7 Å². The van der Waals surface area contributed by atoms with Gasteiger partial charge in [0, 0.05) is 18.3 Å². The van der Waals surface area contributed by atoms with E-state index in [1.54, 1.807) is 12.3 Å². The van der Waals surface area contributed by atoms with Gasteiger partial charge in [0.25, 0.3) is 5.88 Å². The summed E-state index contributed by atoms with van der Waals surface area (Å²) in [4.78, 5) is 3.90. The van der Waals surface area contributed by atoms with Gasteiger partial charge in [0.05, 0.1) is 0 Å². The van der Waals surface area contributed by atoms with Crippen LogP contribution in [0.1, 0.15) is 26.3 Å². The lowest BCUT2D eigenvalue weighted by atomic mass is 10.2. The lowest BCUT2D eigenvalue weighted by Crippen LogP contribution is -2.20. The number of hydrogen-bond donors (Lipinski definition) is 1. The van der Waals surface area contributed by atoms with Gasteiger partial charge in [-0.25, -0.2) is 9.37 Å². The molecule has 1 heterocycles. The van der Waals surface area contributed by atoms with Crippen molar-refractivity contribution in [3.63, 3.8) is 0 Å². The Labute approximate surface area is 108 Å². The number of ether oxygens (including phenoxy) is 1. The van der Waals surface area contributed by atoms with Crippen molar-refractivity contribution in [2.75, 3.05) is 13.2 Å². The van der Waals surface area contributed by atoms with Gasteiger partial charge in [-0.15, -0.1) is 0 Å². The monoisotopic (exact) mass is 252 g/mol. The second kappa shape index (κ2) is 7.82. The molecule has 0 amide bonds. The molecule has 3 nitrogen and oxygen atoms in total. The molecule has 0 aliphatic rings. The maximum Gasteiger partial charge on any atom is 0.251 e. The highest BCUT2D eigenvalue weighted by Gasteiger charge is 2.10. The number of nitrogens with one attached hydrogen (secondary N) is 1. The average Bonchev–Trinajstić information content (AvgIpc) is 2.33. The first-order valence-electron chi connectivity index (χ1n) is 6.23. The molecule has 0 radical (unpaired) electrons. The number of aromatic nitrogens is 1. The van der Waals surface area contributed by atoms with E-state index >= 15 is 0 Å². The molecule has 0 aliphatic carbocycles. The topological polar surface area (TPSA) is 34.1 Å². The van der Waals surface area contributed by atoms with Gasteiger partial charge in [-0.1, -0.05) is 26.0 Å². The van der Waals surface area contributed by atoms with Crippen LogP contribution < -0.4 is 10.1 Å². The summed E-state index contributed by atoms with van der Waals surface area (Å²) in [6.45, 7) is 7.80. The van der Waals surface area contributed by atoms with E-state index in [0.717, 1.165) is 6.54 Å². The maximum atomic E-state index is 14.0. The standard InChI is InChI=1S/C14H21FN2O/c1-4-5-8-18-14-13(15)12(6-7-17-14)10-16-9-11(2)3/h4-7,11,16H,8-10H2,1-3H3/b5-4+. The van der Waals surface area contributed by atoms with Crippen LogP contribution in [-0.4, -0.2) is 18.1 Å². The number of rotatable bonds is 7. The minimum absolute atomic E-state index is 0.0666. The Morgan fingerprint density at radius 3 is 2.94 bits per heavy atom. The van der Waals surface area contributed by atoms with Crippen LogP contribution in [0.25, 0.3) is 0 Å². The zero-order valence-electron chi connectivity index (χ0n) is 11.2. The normalized spacial score (nSPS) is 11.4. The number of hydrogen-bond acceptors (Lipinski definition) is 3. The SMILES string of the molecule is C/C=C/COc1nccc(CNCC(C)C)c1F. The summed E-state index contributed by atoms with van der Waals surface area (Å²) in [7, 11) is 0. The molecule has 1 N–H and O–H groups in total. The summed E-state index contributed by atoms with van der Waals surface area (Å²) < 4.78 is 19.2. The molecule has 1 aromatic heterocycles. The Bertz CT molecular complexity index is 391. The quantitative estimate of drug-likeness (QED) is 0.758. The molecule has 0 unspecified atom stereocenters. The van der Waals surface area contributed by atoms with E-state index < -0.39 is 0 Å². The van der Waals surface area contributed by atoms with Gasteiger partial charge in [0.15, 0.2) is 5.82 Å². The summed E-state index contributed by atoms with van der Waals surface area (Å²) in [5.74, 6) is 0.232. The second-order valence-corrected chi connectivity index (χ2v) is 4.49. The molecule has 0 aromatic carbocycles. The highest BCUT2D eigenvalue weighted by atomic mass is 19.1. The van der Waals surface area contributed by atoms with Crippen LogP contribution in [0.3, 0.4) is 0 Å². The Morgan fingerprint density at radius 1 is 1.50 bits per heavy atom. The molecule has 0 aliphatic heterocycles. The van der Waals surface area contributed by atoms with Gasteiger partial charge in [-0.05, 0) is 25.5 Å². The van der Waals surface area contributed by atoms with Gasteiger partial charge in [0.1, 0.15) is 6.61 Å². The van der Waals surface area contributed by atoms with Crippen molar-refractivity contribution in [3.05, 3.63) is 35.8 Å². The molecule has 100 valence electrons. The number of halogens is 1. The summed E-state index contributed by atoms with van der Waals surface area (Å²) in [6, 6.07) is 1.67. The molecule has 0 saturated heterocycles. The molecule has 0 atom stereocenters. The smallest absolute Gasteiger partial charge is 0.251 e. The van der Waals surface area contributed by atoms with E-state index in [9.17, 15) is 4.39 Å². The van der Waals surface area contributed by atoms with Gasteiger partial charge in [0.2, 0.25) is 0 Å². The van der Waals surface area contributed by atoms with Crippen LogP contribution in [0.4, 0.5) is 4.39 Å². The van der Waals surface area contributed by atoms with Crippen LogP contribution in [0.2, 0.25) is 0 Å². The van der Waals surface area contributed by atoms with Gasteiger partial charge < -0.3 is 10.1 Å². The zero-order valence-corrected chi connectivity index (χ0v) is 11.2. The molecule has 0 saturated carbocycles. The molecule has 1 rings (SSSR count). The first kappa shape index (κ1) is 14.6. The largest absolute Gasteiger partial charge is 0.471 e. The third kappa shape index (κ3) is 4.84. The lowest BCUT2D eigenvalue weighted by Gasteiger charge is -2.10. The van der Waals surface area contributed by atoms with E-state index in [1.165, 1.54) is 0 Å². The van der Waals surface area contributed by atoms with Crippen molar-refractivity contribution in [1.82, 2.24) is 10.3 Å². The molecule has 0 fully saturated rings. The predicted octanol–water partition coefficient (Wildman–Crippen LogP) is 2.92. The van der Waals surface area contributed by atoms with Crippen LogP contribution in [-0.2, 0) is 6.54 Å². The third-order valence-corrected chi connectivity index (χ3v) is 2.36. The summed E-state index contributed by atoms with van der Waals surface area (Å²) in [5.41, 5.74) is 0.584. The highest BCUT2D eigenvalue weighted by molar-refractivity contribution is 5.23. The van der Waals surface area contributed by atoms with Gasteiger partial charge in [-0.3, -0.25) is 0 Å². The number of nitrogens with zero attached hydrogens (tertiary/aromatic N) is 1. The van der Waals surface area contributed by atoms with Crippen molar-refractivity contribution in [1.29, 1.82) is 0 Å². The second-order valence-electron chi connectivity index (χ2n) is 4.49. The summed E-state index contributed by atoms with van der Waals surface area (Å²) in [6.07, 6.45) is 5.23. The number of pyridine rings is 1. The van der Waals surface area contributed by atoms with Crippen LogP contribution >= 0.6 is 0 Å². The van der Waals surface area contributed by atoms with Crippen LogP contribution in [0.15, 0.2) is 24.4 Å². The van der Waals surface area contributed by atoms with Crippen molar-refractivity contribution in [3.8, 4) is 5.88 Å². The van der Waals surface area contributed by atoms with Crippen LogP contribution in [0, 0.1) is 11.7 Å². The van der Waals surface area contributed by atoms with Gasteiger partial charge in [-0.2, -0.15) is 0 Å². The molecule has 18 heavy (non-hydrogen) atoms. The Morgan fingerprint density at radius 2 is 2.28 bits per heavy atom. The fourth-order valence-electron chi connectivity index (χ4n) is 1.42. The molecule has 0 bridgehead atoms. The third-order valence-electron chi connectivity index (χ3n) is 2.36. The van der Waals surface area contributed by atoms with E-state index in [0.29, 0.717) is 24.6 Å². The Kier molecular flexibility index (Phi) is 6.36. The Hall–Kier alpha value is -1.42. The first-order valence-corrected chi connectivity index (χ1v) is 6.23. The van der Waals surface area contributed by atoms with Crippen molar-refractivity contribution < 1.29 is 9.13 Å². The molecular formula is C14H21FN2O. The Balaban J connectivity index is 2.60. The predicted molar refractivity (Wildman–Crippen MR) is 71.0 cm³/mol. The highest BCUT2D eigenvalue weighted by Crippen LogP contribution is 2.17. The molecule has 1 aromatic rings. The lowest BCUT2D eigenvalue weighted by molar-refractivity contribution is 0.324. The van der Waals surface area contributed by atoms with Crippen molar-refractivity contribution in [2.24, 2.45) is 5.92 Å².